The topological polar surface area (TPSA) is 46.3 Å². The molecule has 1 heterocycles. The zero-order chi connectivity index (χ0) is 14.9. The van der Waals surface area contributed by atoms with E-state index in [4.69, 9.17) is 5.73 Å². The number of fused-ring (bicyclic) bond motifs is 1. The number of hydrogen-bond donors (Lipinski definition) is 1. The van der Waals surface area contributed by atoms with Gasteiger partial charge in [0.2, 0.25) is 5.91 Å². The van der Waals surface area contributed by atoms with Crippen LogP contribution in [-0.4, -0.2) is 17.4 Å². The van der Waals surface area contributed by atoms with Crippen LogP contribution in [0.25, 0.3) is 0 Å². The smallest absolute Gasteiger partial charge is 0.223 e. The number of nitrogen functional groups attached to an aromatic ring is 1. The van der Waals surface area contributed by atoms with Crippen molar-refractivity contribution in [2.45, 2.75) is 47.1 Å². The van der Waals surface area contributed by atoms with Crippen LogP contribution in [0.2, 0.25) is 0 Å². The largest absolute Gasteiger partial charge is 0.398 e. The highest BCUT2D eigenvalue weighted by molar-refractivity contribution is 5.77. The highest BCUT2D eigenvalue weighted by atomic mass is 16.2. The lowest BCUT2D eigenvalue weighted by Crippen LogP contribution is -2.38. The third-order valence-corrected chi connectivity index (χ3v) is 4.62. The minimum Gasteiger partial charge on any atom is -0.398 e. The molecule has 0 saturated carbocycles. The van der Waals surface area contributed by atoms with Crippen LogP contribution in [-0.2, 0) is 17.8 Å². The number of rotatable bonds is 2. The monoisotopic (exact) mass is 274 g/mol. The molecule has 0 spiro atoms. The average Bonchev–Trinajstić information content (AvgIpc) is 2.37. The number of carbonyl (C=O) groups excluding carboxylic acids is 1. The van der Waals surface area contributed by atoms with E-state index in [1.54, 1.807) is 0 Å². The molecule has 1 aliphatic heterocycles. The molecule has 1 amide bonds. The van der Waals surface area contributed by atoms with Gasteiger partial charge < -0.3 is 10.6 Å². The van der Waals surface area contributed by atoms with Gasteiger partial charge in [0, 0.05) is 25.2 Å². The van der Waals surface area contributed by atoms with Crippen molar-refractivity contribution in [2.24, 2.45) is 11.3 Å². The maximum atomic E-state index is 12.5. The van der Waals surface area contributed by atoms with Gasteiger partial charge in [-0.3, -0.25) is 4.79 Å². The lowest BCUT2D eigenvalue weighted by Gasteiger charge is -2.33. The van der Waals surface area contributed by atoms with Crippen molar-refractivity contribution in [2.75, 3.05) is 12.3 Å². The molecule has 2 rings (SSSR count). The zero-order valence-corrected chi connectivity index (χ0v) is 13.1. The highest BCUT2D eigenvalue weighted by Gasteiger charge is 2.27. The van der Waals surface area contributed by atoms with Gasteiger partial charge in [-0.05, 0) is 34.9 Å². The van der Waals surface area contributed by atoms with Crippen LogP contribution < -0.4 is 5.73 Å². The fourth-order valence-corrected chi connectivity index (χ4v) is 2.52. The maximum absolute atomic E-state index is 12.5. The van der Waals surface area contributed by atoms with Gasteiger partial charge in [-0.2, -0.15) is 0 Å². The molecule has 2 N–H and O–H groups in total. The van der Waals surface area contributed by atoms with E-state index >= 15 is 0 Å². The first kappa shape index (κ1) is 14.9. The molecule has 1 aliphatic rings. The van der Waals surface area contributed by atoms with E-state index in [0.29, 0.717) is 18.9 Å². The summed E-state index contributed by atoms with van der Waals surface area (Å²) in [5.41, 5.74) is 9.44. The Morgan fingerprint density at radius 3 is 2.75 bits per heavy atom. The first-order valence-corrected chi connectivity index (χ1v) is 7.43. The molecule has 20 heavy (non-hydrogen) atoms. The fourth-order valence-electron chi connectivity index (χ4n) is 2.52. The quantitative estimate of drug-likeness (QED) is 0.842. The molecule has 1 unspecified atom stereocenters. The van der Waals surface area contributed by atoms with E-state index < -0.39 is 0 Å². The van der Waals surface area contributed by atoms with Gasteiger partial charge in [-0.1, -0.05) is 39.8 Å². The molecule has 0 aromatic heterocycles. The predicted molar refractivity (Wildman–Crippen MR) is 83.2 cm³/mol. The Morgan fingerprint density at radius 2 is 2.10 bits per heavy atom. The number of nitrogens with two attached hydrogens (primary N) is 1. The summed E-state index contributed by atoms with van der Waals surface area (Å²) in [6.45, 7) is 10.2. The molecule has 3 nitrogen and oxygen atoms in total. The second-order valence-corrected chi connectivity index (χ2v) is 7.02. The summed E-state index contributed by atoms with van der Waals surface area (Å²) < 4.78 is 0. The minimum atomic E-state index is 0.169. The number of amides is 1. The molecule has 0 bridgehead atoms. The van der Waals surface area contributed by atoms with Crippen LogP contribution in [0.15, 0.2) is 18.2 Å². The lowest BCUT2D eigenvalue weighted by molar-refractivity contribution is -0.133. The van der Waals surface area contributed by atoms with Crippen molar-refractivity contribution in [3.8, 4) is 0 Å². The molecule has 1 atom stereocenters. The van der Waals surface area contributed by atoms with Crippen molar-refractivity contribution in [3.63, 3.8) is 0 Å². The van der Waals surface area contributed by atoms with Crippen LogP contribution in [0.3, 0.4) is 0 Å². The molecule has 1 aromatic carbocycles. The summed E-state index contributed by atoms with van der Waals surface area (Å²) in [5.74, 6) is 0.630. The van der Waals surface area contributed by atoms with Crippen LogP contribution in [0.1, 0.15) is 45.2 Å². The van der Waals surface area contributed by atoms with Crippen LogP contribution in [0.5, 0.6) is 0 Å². The molecule has 0 fully saturated rings. The summed E-state index contributed by atoms with van der Waals surface area (Å²) >= 11 is 0. The van der Waals surface area contributed by atoms with E-state index in [1.807, 2.05) is 17.0 Å². The summed E-state index contributed by atoms with van der Waals surface area (Å²) in [6, 6.07) is 6.03. The number of benzene rings is 1. The van der Waals surface area contributed by atoms with Gasteiger partial charge in [0.15, 0.2) is 0 Å². The van der Waals surface area contributed by atoms with E-state index in [2.05, 4.69) is 33.8 Å². The van der Waals surface area contributed by atoms with Gasteiger partial charge >= 0.3 is 0 Å². The van der Waals surface area contributed by atoms with Crippen molar-refractivity contribution in [3.05, 3.63) is 29.3 Å². The first-order chi connectivity index (χ1) is 9.29. The summed E-state index contributed by atoms with van der Waals surface area (Å²) in [4.78, 5) is 14.4. The highest BCUT2D eigenvalue weighted by Crippen LogP contribution is 2.30. The Bertz CT molecular complexity index is 502. The van der Waals surface area contributed by atoms with E-state index in [0.717, 1.165) is 24.2 Å². The third kappa shape index (κ3) is 3.14. The molecule has 110 valence electrons. The van der Waals surface area contributed by atoms with E-state index in [1.165, 1.54) is 5.56 Å². The minimum absolute atomic E-state index is 0.169. The maximum Gasteiger partial charge on any atom is 0.223 e. The standard InChI is InChI=1S/C17H26N2O/c1-12(17(2,3)4)10-16(20)19-9-8-13-6-5-7-15(18)14(13)11-19/h5-7,12H,8-11,18H2,1-4H3. The fraction of sp³-hybridized carbons (Fsp3) is 0.588. The van der Waals surface area contributed by atoms with Gasteiger partial charge in [0.25, 0.3) is 0 Å². The molecule has 3 heteroatoms. The second kappa shape index (κ2) is 5.47. The Labute approximate surface area is 122 Å². The molecule has 0 saturated heterocycles. The Morgan fingerprint density at radius 1 is 1.40 bits per heavy atom. The molecular weight excluding hydrogens is 248 g/mol. The van der Waals surface area contributed by atoms with Crippen molar-refractivity contribution >= 4 is 11.6 Å². The molecule has 0 aliphatic carbocycles. The Balaban J connectivity index is 2.06. The Hall–Kier alpha value is -1.51. The molecule has 1 aromatic rings. The van der Waals surface area contributed by atoms with Gasteiger partial charge in [-0.25, -0.2) is 0 Å². The van der Waals surface area contributed by atoms with Crippen LogP contribution in [0, 0.1) is 11.3 Å². The van der Waals surface area contributed by atoms with Gasteiger partial charge in [-0.15, -0.1) is 0 Å². The van der Waals surface area contributed by atoms with Crippen LogP contribution in [0.4, 0.5) is 5.69 Å². The SMILES string of the molecule is CC(CC(=O)N1CCc2cccc(N)c2C1)C(C)(C)C. The van der Waals surface area contributed by atoms with Gasteiger partial charge in [0.05, 0.1) is 0 Å². The normalized spacial score (nSPS) is 16.7. The molecule has 0 radical (unpaired) electrons. The zero-order valence-electron chi connectivity index (χ0n) is 13.1. The lowest BCUT2D eigenvalue weighted by atomic mass is 9.80. The summed E-state index contributed by atoms with van der Waals surface area (Å²) in [6.07, 6.45) is 1.53. The number of carbonyl (C=O) groups is 1. The van der Waals surface area contributed by atoms with Crippen molar-refractivity contribution in [1.82, 2.24) is 4.90 Å². The number of nitrogens with zero attached hydrogens (tertiary/aromatic N) is 1. The first-order valence-electron chi connectivity index (χ1n) is 7.43. The summed E-state index contributed by atoms with van der Waals surface area (Å²) in [7, 11) is 0. The predicted octanol–water partition coefficient (Wildman–Crippen LogP) is 3.23. The number of hydrogen-bond acceptors (Lipinski definition) is 2. The second-order valence-electron chi connectivity index (χ2n) is 7.02. The Kier molecular flexibility index (Phi) is 4.07. The summed E-state index contributed by atoms with van der Waals surface area (Å²) in [5, 5.41) is 0. The van der Waals surface area contributed by atoms with Crippen molar-refractivity contribution < 1.29 is 4.79 Å². The average molecular weight is 274 g/mol. The number of anilines is 1. The van der Waals surface area contributed by atoms with Crippen molar-refractivity contribution in [1.29, 1.82) is 0 Å². The van der Waals surface area contributed by atoms with Crippen LogP contribution >= 0.6 is 0 Å². The molecular formula is C17H26N2O. The van der Waals surface area contributed by atoms with Gasteiger partial charge in [0.1, 0.15) is 0 Å². The third-order valence-electron chi connectivity index (χ3n) is 4.62. The van der Waals surface area contributed by atoms with E-state index in [9.17, 15) is 4.79 Å². The van der Waals surface area contributed by atoms with E-state index in [-0.39, 0.29) is 11.3 Å².